The fourth-order valence-electron chi connectivity index (χ4n) is 4.15. The molecule has 9 nitrogen and oxygen atoms in total. The molecule has 34 heavy (non-hydrogen) atoms. The number of rotatable bonds is 14. The second-order valence-corrected chi connectivity index (χ2v) is 10.7. The number of aromatic nitrogens is 1. The summed E-state index contributed by atoms with van der Waals surface area (Å²) in [6.45, 7) is 0.833. The summed E-state index contributed by atoms with van der Waals surface area (Å²) in [6, 6.07) is 2.59. The van der Waals surface area contributed by atoms with E-state index in [-0.39, 0.29) is 23.9 Å². The van der Waals surface area contributed by atoms with Crippen molar-refractivity contribution < 1.29 is 17.6 Å². The Morgan fingerprint density at radius 3 is 2.47 bits per heavy atom. The van der Waals surface area contributed by atoms with Gasteiger partial charge in [-0.2, -0.15) is 0 Å². The SMILES string of the molecule is CCCCC(CS(=O)(=O)N(CF)OCC1CCCCC1)Nc1c(Nc2ccncc2)c(=O)c1=O. The van der Waals surface area contributed by atoms with Gasteiger partial charge in [0, 0.05) is 24.1 Å². The number of hydrogen-bond acceptors (Lipinski definition) is 8. The normalized spacial score (nSPS) is 16.1. The fourth-order valence-corrected chi connectivity index (χ4v) is 5.44. The van der Waals surface area contributed by atoms with Crippen molar-refractivity contribution in [3.05, 3.63) is 45.0 Å². The lowest BCUT2D eigenvalue weighted by Crippen LogP contribution is -2.43. The first-order valence-corrected chi connectivity index (χ1v) is 13.4. The summed E-state index contributed by atoms with van der Waals surface area (Å²) in [5.41, 5.74) is -0.717. The molecule has 0 spiro atoms. The molecule has 1 aromatic carbocycles. The Morgan fingerprint density at radius 1 is 1.15 bits per heavy atom. The van der Waals surface area contributed by atoms with Gasteiger partial charge in [0.1, 0.15) is 11.4 Å². The van der Waals surface area contributed by atoms with E-state index in [9.17, 15) is 22.4 Å². The standard InChI is InChI=1S/C23H33FN4O5S/c1-2-3-9-19(15-34(31,32)28(16-24)33-14-17-7-5-4-6-8-17)27-21-20(22(29)23(21)30)26-18-10-12-25-13-11-18/h10-13,17,19,27H,2-9,14-16H2,1H3,(H,25,26). The maximum atomic E-state index is 13.6. The predicted octanol–water partition coefficient (Wildman–Crippen LogP) is 3.46. The van der Waals surface area contributed by atoms with E-state index < -0.39 is 39.5 Å². The third-order valence-corrected chi connectivity index (χ3v) is 7.76. The average molecular weight is 497 g/mol. The number of nitrogens with zero attached hydrogens (tertiary/aromatic N) is 2. The van der Waals surface area contributed by atoms with Crippen LogP contribution in [0.1, 0.15) is 58.3 Å². The first-order valence-electron chi connectivity index (χ1n) is 11.8. The van der Waals surface area contributed by atoms with Crippen LogP contribution in [0.25, 0.3) is 0 Å². The Balaban J connectivity index is 1.69. The zero-order valence-electron chi connectivity index (χ0n) is 19.5. The van der Waals surface area contributed by atoms with Crippen molar-refractivity contribution >= 4 is 27.1 Å². The fraction of sp³-hybridized carbons (Fsp3) is 0.609. The predicted molar refractivity (Wildman–Crippen MR) is 130 cm³/mol. The van der Waals surface area contributed by atoms with E-state index >= 15 is 0 Å². The van der Waals surface area contributed by atoms with Crippen molar-refractivity contribution in [2.24, 2.45) is 5.92 Å². The topological polar surface area (TPSA) is 118 Å². The molecule has 2 aromatic rings. The first-order chi connectivity index (χ1) is 16.4. The second kappa shape index (κ2) is 12.4. The van der Waals surface area contributed by atoms with E-state index in [4.69, 9.17) is 4.84 Å². The van der Waals surface area contributed by atoms with Crippen LogP contribution in [-0.2, 0) is 14.9 Å². The van der Waals surface area contributed by atoms with Gasteiger partial charge in [-0.05, 0) is 41.8 Å². The summed E-state index contributed by atoms with van der Waals surface area (Å²) in [6.07, 6.45) is 10.2. The third-order valence-electron chi connectivity index (χ3n) is 6.11. The number of unbranched alkanes of at least 4 members (excludes halogenated alkanes) is 1. The Bertz CT molecular complexity index is 1080. The lowest BCUT2D eigenvalue weighted by Gasteiger charge is -2.27. The van der Waals surface area contributed by atoms with Gasteiger partial charge in [0.2, 0.25) is 10.0 Å². The van der Waals surface area contributed by atoms with E-state index in [1.165, 1.54) is 12.4 Å². The molecule has 1 aliphatic carbocycles. The van der Waals surface area contributed by atoms with Crippen LogP contribution in [0.3, 0.4) is 0 Å². The summed E-state index contributed by atoms with van der Waals surface area (Å²) < 4.78 is 40.0. The van der Waals surface area contributed by atoms with Gasteiger partial charge in [0.05, 0.1) is 12.4 Å². The van der Waals surface area contributed by atoms with E-state index in [1.807, 2.05) is 6.92 Å². The number of alkyl halides is 1. The van der Waals surface area contributed by atoms with Gasteiger partial charge in [-0.1, -0.05) is 39.0 Å². The second-order valence-electron chi connectivity index (χ2n) is 8.75. The van der Waals surface area contributed by atoms with Gasteiger partial charge < -0.3 is 10.6 Å². The van der Waals surface area contributed by atoms with Crippen molar-refractivity contribution in [1.82, 2.24) is 9.45 Å². The highest BCUT2D eigenvalue weighted by Gasteiger charge is 2.31. The quantitative estimate of drug-likeness (QED) is 0.232. The van der Waals surface area contributed by atoms with Gasteiger partial charge in [-0.15, -0.1) is 0 Å². The molecule has 1 aliphatic rings. The van der Waals surface area contributed by atoms with E-state index in [1.54, 1.807) is 12.1 Å². The zero-order chi connectivity index (χ0) is 24.6. The van der Waals surface area contributed by atoms with Crippen molar-refractivity contribution in [2.45, 2.75) is 64.3 Å². The summed E-state index contributed by atoms with van der Waals surface area (Å²) >= 11 is 0. The molecule has 0 saturated heterocycles. The number of halogens is 1. The van der Waals surface area contributed by atoms with Gasteiger partial charge in [-0.25, -0.2) is 12.8 Å². The van der Waals surface area contributed by atoms with E-state index in [0.29, 0.717) is 23.0 Å². The van der Waals surface area contributed by atoms with Gasteiger partial charge in [0.15, 0.2) is 6.80 Å². The van der Waals surface area contributed by atoms with Gasteiger partial charge in [-0.3, -0.25) is 19.4 Å². The van der Waals surface area contributed by atoms with Crippen LogP contribution < -0.4 is 21.5 Å². The third kappa shape index (κ3) is 6.83. The molecule has 0 bridgehead atoms. The lowest BCUT2D eigenvalue weighted by molar-refractivity contribution is -0.122. The van der Waals surface area contributed by atoms with Crippen molar-refractivity contribution in [2.75, 3.05) is 29.8 Å². The average Bonchev–Trinajstić information content (AvgIpc) is 2.85. The molecule has 1 fully saturated rings. The van der Waals surface area contributed by atoms with Crippen molar-refractivity contribution in [1.29, 1.82) is 0 Å². The Labute approximate surface area is 199 Å². The highest BCUT2D eigenvalue weighted by atomic mass is 32.2. The van der Waals surface area contributed by atoms with Crippen LogP contribution in [0.15, 0.2) is 34.1 Å². The highest BCUT2D eigenvalue weighted by molar-refractivity contribution is 7.89. The first kappa shape index (κ1) is 26.2. The number of nitrogens with one attached hydrogen (secondary N) is 2. The van der Waals surface area contributed by atoms with Crippen LogP contribution in [-0.4, -0.2) is 43.1 Å². The smallest absolute Gasteiger partial charge is 0.253 e. The molecule has 1 atom stereocenters. The van der Waals surface area contributed by atoms with E-state index in [2.05, 4.69) is 15.6 Å². The molecule has 11 heteroatoms. The number of hydrogen-bond donors (Lipinski definition) is 2. The molecule has 0 aliphatic heterocycles. The van der Waals surface area contributed by atoms with Crippen LogP contribution in [0.5, 0.6) is 0 Å². The summed E-state index contributed by atoms with van der Waals surface area (Å²) in [5.74, 6) is -0.243. The van der Waals surface area contributed by atoms with Crippen LogP contribution >= 0.6 is 0 Å². The minimum Gasteiger partial charge on any atom is -0.376 e. The van der Waals surface area contributed by atoms with Gasteiger partial charge in [0.25, 0.3) is 10.9 Å². The molecule has 3 rings (SSSR count). The Morgan fingerprint density at radius 2 is 1.82 bits per heavy atom. The Kier molecular flexibility index (Phi) is 9.54. The van der Waals surface area contributed by atoms with Crippen molar-refractivity contribution in [3.8, 4) is 0 Å². The largest absolute Gasteiger partial charge is 0.376 e. The minimum absolute atomic E-state index is 0.0352. The molecular formula is C23H33FN4O5S. The maximum absolute atomic E-state index is 13.6. The molecule has 1 heterocycles. The monoisotopic (exact) mass is 496 g/mol. The van der Waals surface area contributed by atoms with Crippen LogP contribution in [0, 0.1) is 5.92 Å². The summed E-state index contributed by atoms with van der Waals surface area (Å²) in [5, 5.41) is 5.81. The number of anilines is 3. The van der Waals surface area contributed by atoms with Crippen molar-refractivity contribution in [3.63, 3.8) is 0 Å². The highest BCUT2D eigenvalue weighted by Crippen LogP contribution is 2.25. The molecule has 0 amide bonds. The number of hydroxylamine groups is 1. The van der Waals surface area contributed by atoms with Gasteiger partial charge >= 0.3 is 0 Å². The number of pyridine rings is 1. The summed E-state index contributed by atoms with van der Waals surface area (Å²) in [7, 11) is -4.11. The minimum atomic E-state index is -4.11. The van der Waals surface area contributed by atoms with Crippen LogP contribution in [0.4, 0.5) is 21.5 Å². The summed E-state index contributed by atoms with van der Waals surface area (Å²) in [4.78, 5) is 33.6. The molecule has 0 radical (unpaired) electrons. The molecule has 2 N–H and O–H groups in total. The number of sulfonamides is 1. The lowest BCUT2D eigenvalue weighted by atomic mass is 9.90. The maximum Gasteiger partial charge on any atom is 0.253 e. The molecule has 1 unspecified atom stereocenters. The zero-order valence-corrected chi connectivity index (χ0v) is 20.3. The molecule has 1 aromatic heterocycles. The van der Waals surface area contributed by atoms with Crippen LogP contribution in [0.2, 0.25) is 0 Å². The van der Waals surface area contributed by atoms with E-state index in [0.717, 1.165) is 38.5 Å². The molecular weight excluding hydrogens is 463 g/mol. The molecule has 188 valence electrons. The molecule has 1 saturated carbocycles. The Hall–Kier alpha value is -2.37.